The summed E-state index contributed by atoms with van der Waals surface area (Å²) in [6.07, 6.45) is 1.54. The molecular weight excluding hydrogens is 310 g/mol. The lowest BCUT2D eigenvalue weighted by molar-refractivity contribution is -0.136. The van der Waals surface area contributed by atoms with Crippen molar-refractivity contribution in [1.82, 2.24) is 4.57 Å². The lowest BCUT2D eigenvalue weighted by atomic mass is 10.1. The van der Waals surface area contributed by atoms with Crippen LogP contribution < -0.4 is 0 Å². The number of para-hydroxylation sites is 1. The highest BCUT2D eigenvalue weighted by atomic mass is 16.4. The van der Waals surface area contributed by atoms with Gasteiger partial charge in [-0.15, -0.1) is 0 Å². The molecule has 3 N–H and O–H groups in total. The number of hydrogen-bond acceptors (Lipinski definition) is 3. The summed E-state index contributed by atoms with van der Waals surface area (Å²) in [4.78, 5) is 22.3. The maximum atomic E-state index is 11.2. The van der Waals surface area contributed by atoms with Crippen LogP contribution in [0.3, 0.4) is 0 Å². The Morgan fingerprint density at radius 2 is 1.75 bits per heavy atom. The van der Waals surface area contributed by atoms with E-state index in [-0.39, 0.29) is 17.7 Å². The van der Waals surface area contributed by atoms with Crippen LogP contribution in [0.1, 0.15) is 21.5 Å². The van der Waals surface area contributed by atoms with Gasteiger partial charge in [-0.05, 0) is 23.8 Å². The third-order valence-electron chi connectivity index (χ3n) is 3.89. The fourth-order valence-electron chi connectivity index (χ4n) is 2.76. The molecule has 0 atom stereocenters. The minimum Gasteiger partial charge on any atom is -0.508 e. The second kappa shape index (κ2) is 6.08. The molecule has 0 unspecified atom stereocenters. The molecule has 0 spiro atoms. The van der Waals surface area contributed by atoms with E-state index < -0.39 is 11.9 Å². The van der Waals surface area contributed by atoms with Crippen molar-refractivity contribution >= 4 is 22.8 Å². The summed E-state index contributed by atoms with van der Waals surface area (Å²) in [5.74, 6) is -1.88. The fourth-order valence-corrected chi connectivity index (χ4v) is 2.76. The molecule has 0 amide bonds. The maximum absolute atomic E-state index is 11.2. The molecule has 1 aromatic heterocycles. The van der Waals surface area contributed by atoms with Crippen molar-refractivity contribution in [2.75, 3.05) is 0 Å². The molecule has 0 fully saturated rings. The number of fused-ring (bicyclic) bond motifs is 1. The van der Waals surface area contributed by atoms with E-state index in [1.807, 2.05) is 0 Å². The molecule has 0 radical (unpaired) electrons. The van der Waals surface area contributed by atoms with Crippen LogP contribution in [0.25, 0.3) is 10.9 Å². The number of benzene rings is 2. The van der Waals surface area contributed by atoms with Gasteiger partial charge in [0.15, 0.2) is 0 Å². The van der Waals surface area contributed by atoms with Crippen LogP contribution in [0.5, 0.6) is 5.75 Å². The summed E-state index contributed by atoms with van der Waals surface area (Å²) in [6.45, 7) is 0.311. The number of phenolic OH excluding ortho intramolecular Hbond substituents is 1. The van der Waals surface area contributed by atoms with Crippen molar-refractivity contribution in [3.63, 3.8) is 0 Å². The minimum atomic E-state index is -1.05. The highest BCUT2D eigenvalue weighted by Gasteiger charge is 2.14. The molecule has 0 aliphatic heterocycles. The minimum absolute atomic E-state index is 0.126. The number of phenols is 1. The highest BCUT2D eigenvalue weighted by Crippen LogP contribution is 2.26. The van der Waals surface area contributed by atoms with Gasteiger partial charge in [0.2, 0.25) is 0 Å². The SMILES string of the molecule is O=C(O)Cc1cn(Cc2ccccc2O)c2cc(C(=O)O)ccc12. The van der Waals surface area contributed by atoms with Gasteiger partial charge in [0.05, 0.1) is 18.5 Å². The predicted octanol–water partition coefficient (Wildman–Crippen LogP) is 2.72. The Labute approximate surface area is 137 Å². The zero-order chi connectivity index (χ0) is 17.3. The van der Waals surface area contributed by atoms with Gasteiger partial charge in [-0.2, -0.15) is 0 Å². The summed E-state index contributed by atoms with van der Waals surface area (Å²) >= 11 is 0. The average molecular weight is 325 g/mol. The number of hydrogen-bond donors (Lipinski definition) is 3. The predicted molar refractivity (Wildman–Crippen MR) is 87.4 cm³/mol. The standard InChI is InChI=1S/C18H15NO5/c20-16-4-2-1-3-12(16)9-19-10-13(8-17(21)22)14-6-5-11(18(23)24)7-15(14)19/h1-7,10,20H,8-9H2,(H,21,22)(H,23,24). The van der Waals surface area contributed by atoms with E-state index in [1.165, 1.54) is 12.1 Å². The Balaban J connectivity index is 2.14. The molecule has 0 saturated heterocycles. The topological polar surface area (TPSA) is 99.8 Å². The van der Waals surface area contributed by atoms with Crippen LogP contribution in [0, 0.1) is 0 Å². The van der Waals surface area contributed by atoms with Crippen molar-refractivity contribution in [1.29, 1.82) is 0 Å². The molecule has 24 heavy (non-hydrogen) atoms. The van der Waals surface area contributed by atoms with Gasteiger partial charge in [-0.1, -0.05) is 24.3 Å². The van der Waals surface area contributed by atoms with E-state index in [9.17, 15) is 19.8 Å². The second-order valence-electron chi connectivity index (χ2n) is 5.52. The third-order valence-corrected chi connectivity index (χ3v) is 3.89. The van der Waals surface area contributed by atoms with Crippen LogP contribution in [0.15, 0.2) is 48.7 Å². The van der Waals surface area contributed by atoms with Crippen molar-refractivity contribution in [2.45, 2.75) is 13.0 Å². The first-order valence-electron chi connectivity index (χ1n) is 7.29. The number of carboxylic acids is 2. The first-order valence-corrected chi connectivity index (χ1v) is 7.29. The summed E-state index contributed by atoms with van der Waals surface area (Å²) in [6, 6.07) is 11.4. The van der Waals surface area contributed by atoms with E-state index in [1.54, 1.807) is 41.1 Å². The summed E-state index contributed by atoms with van der Waals surface area (Å²) < 4.78 is 1.76. The molecule has 122 valence electrons. The van der Waals surface area contributed by atoms with Gasteiger partial charge in [-0.3, -0.25) is 4.79 Å². The molecule has 0 aliphatic carbocycles. The van der Waals surface area contributed by atoms with Crippen LogP contribution in [-0.2, 0) is 17.8 Å². The molecule has 0 aliphatic rings. The van der Waals surface area contributed by atoms with Crippen molar-refractivity contribution < 1.29 is 24.9 Å². The van der Waals surface area contributed by atoms with Gasteiger partial charge in [0.25, 0.3) is 0 Å². The zero-order valence-electron chi connectivity index (χ0n) is 12.6. The van der Waals surface area contributed by atoms with E-state index in [0.29, 0.717) is 28.6 Å². The van der Waals surface area contributed by atoms with E-state index in [2.05, 4.69) is 0 Å². The Morgan fingerprint density at radius 1 is 1.00 bits per heavy atom. The molecule has 6 heteroatoms. The number of aromatic nitrogens is 1. The van der Waals surface area contributed by atoms with Crippen LogP contribution in [0.2, 0.25) is 0 Å². The number of nitrogens with zero attached hydrogens (tertiary/aromatic N) is 1. The second-order valence-corrected chi connectivity index (χ2v) is 5.52. The Hall–Kier alpha value is -3.28. The van der Waals surface area contributed by atoms with E-state index in [4.69, 9.17) is 5.11 Å². The summed E-state index contributed by atoms with van der Waals surface area (Å²) in [7, 11) is 0. The average Bonchev–Trinajstić information content (AvgIpc) is 2.86. The molecule has 3 aromatic rings. The molecule has 3 rings (SSSR count). The van der Waals surface area contributed by atoms with Crippen molar-refractivity contribution in [3.05, 3.63) is 65.4 Å². The fraction of sp³-hybridized carbons (Fsp3) is 0.111. The molecule has 6 nitrogen and oxygen atoms in total. The maximum Gasteiger partial charge on any atom is 0.335 e. The lowest BCUT2D eigenvalue weighted by Gasteiger charge is -2.08. The first kappa shape index (κ1) is 15.6. The Morgan fingerprint density at radius 3 is 2.42 bits per heavy atom. The first-order chi connectivity index (χ1) is 11.5. The number of aromatic carboxylic acids is 1. The number of aromatic hydroxyl groups is 1. The number of rotatable bonds is 5. The molecule has 0 saturated carbocycles. The van der Waals surface area contributed by atoms with Gasteiger partial charge >= 0.3 is 11.9 Å². The van der Waals surface area contributed by atoms with Crippen molar-refractivity contribution in [3.8, 4) is 5.75 Å². The molecular formula is C18H15NO5. The van der Waals surface area contributed by atoms with E-state index >= 15 is 0 Å². The molecule has 0 bridgehead atoms. The Kier molecular flexibility index (Phi) is 3.95. The number of carbonyl (C=O) groups is 2. The van der Waals surface area contributed by atoms with Gasteiger partial charge in [-0.25, -0.2) is 4.79 Å². The lowest BCUT2D eigenvalue weighted by Crippen LogP contribution is -2.01. The largest absolute Gasteiger partial charge is 0.508 e. The molecule has 2 aromatic carbocycles. The number of aliphatic carboxylic acids is 1. The monoisotopic (exact) mass is 325 g/mol. The summed E-state index contributed by atoms with van der Waals surface area (Å²) in [5, 5.41) is 28.9. The van der Waals surface area contributed by atoms with Crippen LogP contribution in [0.4, 0.5) is 0 Å². The highest BCUT2D eigenvalue weighted by molar-refractivity contribution is 5.95. The zero-order valence-corrected chi connectivity index (χ0v) is 12.6. The van der Waals surface area contributed by atoms with Crippen LogP contribution in [-0.4, -0.2) is 31.8 Å². The van der Waals surface area contributed by atoms with Crippen molar-refractivity contribution in [2.24, 2.45) is 0 Å². The summed E-state index contributed by atoms with van der Waals surface area (Å²) in [5.41, 5.74) is 2.01. The smallest absolute Gasteiger partial charge is 0.335 e. The Bertz CT molecular complexity index is 942. The van der Waals surface area contributed by atoms with E-state index in [0.717, 1.165) is 0 Å². The molecule has 1 heterocycles. The quantitative estimate of drug-likeness (QED) is 0.670. The normalized spacial score (nSPS) is 10.8. The third kappa shape index (κ3) is 2.94. The number of carboxylic acid groups (broad SMARTS) is 2. The van der Waals surface area contributed by atoms with Gasteiger partial charge < -0.3 is 19.9 Å². The van der Waals surface area contributed by atoms with Gasteiger partial charge in [0, 0.05) is 22.7 Å². The van der Waals surface area contributed by atoms with Gasteiger partial charge in [0.1, 0.15) is 5.75 Å². The van der Waals surface area contributed by atoms with Crippen LogP contribution >= 0.6 is 0 Å².